The number of carbonyl (C=O) groups excluding carboxylic acids is 1. The average molecular weight is 461 g/mol. The summed E-state index contributed by atoms with van der Waals surface area (Å²) in [5.41, 5.74) is 7.44. The summed E-state index contributed by atoms with van der Waals surface area (Å²) in [7, 11) is 0. The van der Waals surface area contributed by atoms with E-state index in [2.05, 4.69) is 25.6 Å². The first-order valence-electron chi connectivity index (χ1n) is 11.0. The predicted molar refractivity (Wildman–Crippen MR) is 120 cm³/mol. The van der Waals surface area contributed by atoms with Crippen LogP contribution in [-0.4, -0.2) is 39.0 Å². The molecule has 7 nitrogen and oxygen atoms in total. The van der Waals surface area contributed by atoms with Gasteiger partial charge < -0.3 is 21.4 Å². The molecule has 3 aromatic rings. The highest BCUT2D eigenvalue weighted by Gasteiger charge is 2.34. The van der Waals surface area contributed by atoms with Crippen LogP contribution in [0.25, 0.3) is 10.9 Å². The Hall–Kier alpha value is -3.14. The molecule has 2 heterocycles. The molecule has 2 unspecified atom stereocenters. The van der Waals surface area contributed by atoms with E-state index in [9.17, 15) is 18.0 Å². The SMILES string of the molecule is Cc1ccc2nc(C(F)(F)F)cc(N[C@H]3CCCC(NC(=O)C(N)Cc4c[nH]cn4)C3)c2c1. The molecule has 0 bridgehead atoms. The van der Waals surface area contributed by atoms with Crippen LogP contribution in [0.5, 0.6) is 0 Å². The number of pyridine rings is 1. The van der Waals surface area contributed by atoms with E-state index in [0.29, 0.717) is 35.1 Å². The standard InChI is InChI=1S/C23H27F3N6O/c1-13-5-6-19-17(7-13)20(10-21(32-19)23(24,25)26)30-14-3-2-4-15(8-14)31-22(33)18(27)9-16-11-28-12-29-16/h5-7,10-12,14-15,18H,2-4,8-9,27H2,1H3,(H,28,29)(H,30,32)(H,31,33)/t14-,15?,18?/m0/s1. The van der Waals surface area contributed by atoms with Crippen LogP contribution in [0.2, 0.25) is 0 Å². The molecule has 4 rings (SSSR count). The van der Waals surface area contributed by atoms with Gasteiger partial charge in [0, 0.05) is 35.8 Å². The zero-order valence-electron chi connectivity index (χ0n) is 18.2. The van der Waals surface area contributed by atoms with Crippen molar-refractivity contribution >= 4 is 22.5 Å². The Kier molecular flexibility index (Phi) is 6.55. The molecule has 33 heavy (non-hydrogen) atoms. The summed E-state index contributed by atoms with van der Waals surface area (Å²) in [4.78, 5) is 23.3. The maximum absolute atomic E-state index is 13.4. The van der Waals surface area contributed by atoms with E-state index in [1.165, 1.54) is 6.33 Å². The van der Waals surface area contributed by atoms with Crippen molar-refractivity contribution in [1.29, 1.82) is 0 Å². The normalized spacial score (nSPS) is 19.9. The average Bonchev–Trinajstić information content (AvgIpc) is 3.26. The molecule has 1 amide bonds. The highest BCUT2D eigenvalue weighted by molar-refractivity contribution is 5.92. The third-order valence-corrected chi connectivity index (χ3v) is 5.96. The van der Waals surface area contributed by atoms with E-state index in [1.807, 2.05) is 13.0 Å². The van der Waals surface area contributed by atoms with Crippen molar-refractivity contribution in [3.8, 4) is 0 Å². The van der Waals surface area contributed by atoms with Gasteiger partial charge in [0.15, 0.2) is 0 Å². The number of rotatable bonds is 6. The van der Waals surface area contributed by atoms with Gasteiger partial charge in [-0.05, 0) is 50.8 Å². The molecule has 10 heteroatoms. The van der Waals surface area contributed by atoms with E-state index >= 15 is 0 Å². The number of anilines is 1. The van der Waals surface area contributed by atoms with Crippen LogP contribution in [0.4, 0.5) is 18.9 Å². The molecule has 0 radical (unpaired) electrons. The van der Waals surface area contributed by atoms with Crippen LogP contribution in [0.3, 0.4) is 0 Å². The molecule has 1 fully saturated rings. The summed E-state index contributed by atoms with van der Waals surface area (Å²) in [6.45, 7) is 1.89. The topological polar surface area (TPSA) is 109 Å². The van der Waals surface area contributed by atoms with Crippen molar-refractivity contribution in [2.75, 3.05) is 5.32 Å². The zero-order chi connectivity index (χ0) is 23.6. The molecular weight excluding hydrogens is 433 g/mol. The predicted octanol–water partition coefficient (Wildman–Crippen LogP) is 3.69. The van der Waals surface area contributed by atoms with Gasteiger partial charge in [0.2, 0.25) is 5.91 Å². The van der Waals surface area contributed by atoms with E-state index < -0.39 is 17.9 Å². The molecule has 0 aliphatic heterocycles. The van der Waals surface area contributed by atoms with Crippen molar-refractivity contribution in [3.05, 3.63) is 53.7 Å². The number of aromatic amines is 1. The fraction of sp³-hybridized carbons (Fsp3) is 0.435. The number of aryl methyl sites for hydroxylation is 1. The Morgan fingerprint density at radius 1 is 1.27 bits per heavy atom. The van der Waals surface area contributed by atoms with Gasteiger partial charge in [-0.15, -0.1) is 0 Å². The largest absolute Gasteiger partial charge is 0.433 e. The Morgan fingerprint density at radius 2 is 2.06 bits per heavy atom. The van der Waals surface area contributed by atoms with Gasteiger partial charge in [0.05, 0.1) is 23.6 Å². The van der Waals surface area contributed by atoms with Crippen molar-refractivity contribution in [3.63, 3.8) is 0 Å². The molecule has 1 aliphatic rings. The number of aromatic nitrogens is 3. The van der Waals surface area contributed by atoms with Crippen LogP contribution in [0, 0.1) is 6.92 Å². The lowest BCUT2D eigenvalue weighted by molar-refractivity contribution is -0.140. The third kappa shape index (κ3) is 5.62. The van der Waals surface area contributed by atoms with Crippen LogP contribution in [0.15, 0.2) is 36.8 Å². The van der Waals surface area contributed by atoms with Crippen LogP contribution >= 0.6 is 0 Å². The summed E-state index contributed by atoms with van der Waals surface area (Å²) in [6, 6.07) is 5.35. The van der Waals surface area contributed by atoms with E-state index in [1.54, 1.807) is 18.3 Å². The molecule has 0 spiro atoms. The Bertz CT molecular complexity index is 1120. The molecule has 5 N–H and O–H groups in total. The molecule has 0 saturated heterocycles. The molecule has 1 aliphatic carbocycles. The smallest absolute Gasteiger partial charge is 0.382 e. The van der Waals surface area contributed by atoms with Crippen LogP contribution in [0.1, 0.15) is 42.6 Å². The number of alkyl halides is 3. The summed E-state index contributed by atoms with van der Waals surface area (Å²) < 4.78 is 40.2. The number of imidazole rings is 1. The lowest BCUT2D eigenvalue weighted by Crippen LogP contribution is -2.49. The van der Waals surface area contributed by atoms with E-state index in [0.717, 1.165) is 30.9 Å². The first-order chi connectivity index (χ1) is 15.7. The monoisotopic (exact) mass is 460 g/mol. The minimum atomic E-state index is -4.54. The number of hydrogen-bond acceptors (Lipinski definition) is 5. The second kappa shape index (κ2) is 9.38. The van der Waals surface area contributed by atoms with Crippen LogP contribution < -0.4 is 16.4 Å². The molecule has 2 aromatic heterocycles. The van der Waals surface area contributed by atoms with Gasteiger partial charge in [-0.2, -0.15) is 13.2 Å². The highest BCUT2D eigenvalue weighted by atomic mass is 19.4. The molecule has 3 atom stereocenters. The van der Waals surface area contributed by atoms with Gasteiger partial charge in [-0.25, -0.2) is 9.97 Å². The van der Waals surface area contributed by atoms with Gasteiger partial charge in [0.25, 0.3) is 0 Å². The number of halogens is 3. The number of hydrogen-bond donors (Lipinski definition) is 4. The van der Waals surface area contributed by atoms with E-state index in [-0.39, 0.29) is 18.0 Å². The summed E-state index contributed by atoms with van der Waals surface area (Å²) in [5.74, 6) is -0.256. The second-order valence-corrected chi connectivity index (χ2v) is 8.66. The Labute approximate surface area is 189 Å². The minimum Gasteiger partial charge on any atom is -0.382 e. The van der Waals surface area contributed by atoms with Crippen molar-refractivity contribution in [2.45, 2.75) is 63.3 Å². The fourth-order valence-corrected chi connectivity index (χ4v) is 4.30. The van der Waals surface area contributed by atoms with E-state index in [4.69, 9.17) is 5.73 Å². The maximum atomic E-state index is 13.4. The summed E-state index contributed by atoms with van der Waals surface area (Å²) >= 11 is 0. The molecular formula is C23H27F3N6O. The lowest BCUT2D eigenvalue weighted by atomic mass is 9.90. The number of benzene rings is 1. The number of nitrogens with zero attached hydrogens (tertiary/aromatic N) is 2. The van der Waals surface area contributed by atoms with Gasteiger partial charge >= 0.3 is 6.18 Å². The number of H-pyrrole nitrogens is 1. The maximum Gasteiger partial charge on any atom is 0.433 e. The summed E-state index contributed by atoms with van der Waals surface area (Å²) in [5, 5.41) is 6.94. The molecule has 1 saturated carbocycles. The van der Waals surface area contributed by atoms with Gasteiger partial charge in [0.1, 0.15) is 5.69 Å². The third-order valence-electron chi connectivity index (χ3n) is 5.96. The van der Waals surface area contributed by atoms with Gasteiger partial charge in [-0.3, -0.25) is 4.79 Å². The first-order valence-corrected chi connectivity index (χ1v) is 11.0. The number of amides is 1. The Balaban J connectivity index is 1.46. The second-order valence-electron chi connectivity index (χ2n) is 8.66. The van der Waals surface area contributed by atoms with Crippen molar-refractivity contribution in [2.24, 2.45) is 5.73 Å². The number of nitrogens with one attached hydrogen (secondary N) is 3. The Morgan fingerprint density at radius 3 is 2.79 bits per heavy atom. The van der Waals surface area contributed by atoms with Crippen molar-refractivity contribution < 1.29 is 18.0 Å². The molecule has 176 valence electrons. The number of carbonyl (C=O) groups is 1. The highest BCUT2D eigenvalue weighted by Crippen LogP contribution is 2.34. The van der Waals surface area contributed by atoms with Crippen LogP contribution in [-0.2, 0) is 17.4 Å². The summed E-state index contributed by atoms with van der Waals surface area (Å²) in [6.07, 6.45) is 2.04. The van der Waals surface area contributed by atoms with Crippen molar-refractivity contribution in [1.82, 2.24) is 20.3 Å². The number of nitrogens with two attached hydrogens (primary N) is 1. The first kappa shape index (κ1) is 23.0. The quantitative estimate of drug-likeness (QED) is 0.449. The number of fused-ring (bicyclic) bond motifs is 1. The minimum absolute atomic E-state index is 0.0844. The zero-order valence-corrected chi connectivity index (χ0v) is 18.2. The molecule has 1 aromatic carbocycles. The van der Waals surface area contributed by atoms with Gasteiger partial charge in [-0.1, -0.05) is 11.6 Å². The fourth-order valence-electron chi connectivity index (χ4n) is 4.30. The lowest BCUT2D eigenvalue weighted by Gasteiger charge is -2.32.